The molecule has 2 fully saturated rings. The summed E-state index contributed by atoms with van der Waals surface area (Å²) in [6.45, 7) is 10.7. The highest BCUT2D eigenvalue weighted by molar-refractivity contribution is 5.95. The van der Waals surface area contributed by atoms with Gasteiger partial charge in [0.15, 0.2) is 0 Å². The highest BCUT2D eigenvalue weighted by Crippen LogP contribution is 2.40. The minimum absolute atomic E-state index is 0.0239. The molecule has 2 unspecified atom stereocenters. The Bertz CT molecular complexity index is 395. The van der Waals surface area contributed by atoms with Gasteiger partial charge in [0.2, 0.25) is 11.8 Å². The third-order valence-corrected chi connectivity index (χ3v) is 4.40. The molecule has 2 amide bonds. The molecule has 0 aromatic heterocycles. The second-order valence-electron chi connectivity index (χ2n) is 7.89. The van der Waals surface area contributed by atoms with Crippen LogP contribution in [0.2, 0.25) is 0 Å². The van der Waals surface area contributed by atoms with Crippen molar-refractivity contribution in [3.05, 3.63) is 0 Å². The van der Waals surface area contributed by atoms with Crippen LogP contribution in [-0.4, -0.2) is 35.3 Å². The molecule has 4 nitrogen and oxygen atoms in total. The SMILES string of the molecule is CC1(C)CCC(N2CC(=O)NC(C(C)(C)C)C2=O)C1. The Hall–Kier alpha value is -1.06. The molecule has 1 saturated carbocycles. The van der Waals surface area contributed by atoms with Crippen molar-refractivity contribution in [3.63, 3.8) is 0 Å². The highest BCUT2D eigenvalue weighted by atomic mass is 16.2. The molecule has 1 aliphatic carbocycles. The normalized spacial score (nSPS) is 31.5. The molecular weight excluding hydrogens is 240 g/mol. The highest BCUT2D eigenvalue weighted by Gasteiger charge is 2.44. The molecule has 1 heterocycles. The Morgan fingerprint density at radius 2 is 1.89 bits per heavy atom. The van der Waals surface area contributed by atoms with E-state index in [9.17, 15) is 9.59 Å². The van der Waals surface area contributed by atoms with Gasteiger partial charge in [-0.1, -0.05) is 34.6 Å². The molecule has 4 heteroatoms. The minimum Gasteiger partial charge on any atom is -0.342 e. The fourth-order valence-corrected chi connectivity index (χ4v) is 3.23. The van der Waals surface area contributed by atoms with Gasteiger partial charge in [0.05, 0.1) is 6.54 Å². The van der Waals surface area contributed by atoms with E-state index in [4.69, 9.17) is 0 Å². The van der Waals surface area contributed by atoms with Crippen molar-refractivity contribution < 1.29 is 9.59 Å². The molecule has 2 rings (SSSR count). The summed E-state index contributed by atoms with van der Waals surface area (Å²) in [5.41, 5.74) is 0.0512. The number of piperazine rings is 1. The van der Waals surface area contributed by atoms with Crippen molar-refractivity contribution in [3.8, 4) is 0 Å². The fourth-order valence-electron chi connectivity index (χ4n) is 3.23. The monoisotopic (exact) mass is 266 g/mol. The number of carbonyl (C=O) groups is 2. The van der Waals surface area contributed by atoms with Gasteiger partial charge in [-0.05, 0) is 30.1 Å². The number of amides is 2. The zero-order chi connectivity index (χ0) is 14.4. The van der Waals surface area contributed by atoms with E-state index < -0.39 is 6.04 Å². The van der Waals surface area contributed by atoms with Crippen LogP contribution in [0.3, 0.4) is 0 Å². The lowest BCUT2D eigenvalue weighted by molar-refractivity contribution is -0.149. The van der Waals surface area contributed by atoms with E-state index in [-0.39, 0.29) is 35.2 Å². The van der Waals surface area contributed by atoms with Crippen LogP contribution in [0.15, 0.2) is 0 Å². The van der Waals surface area contributed by atoms with Crippen molar-refractivity contribution in [2.24, 2.45) is 10.8 Å². The van der Waals surface area contributed by atoms with Crippen molar-refractivity contribution in [1.82, 2.24) is 10.2 Å². The molecule has 2 aliphatic rings. The minimum atomic E-state index is -0.391. The standard InChI is InChI=1S/C15H26N2O2/c1-14(2,3)12-13(19)17(9-11(18)16-12)10-6-7-15(4,5)8-10/h10,12H,6-9H2,1-5H3,(H,16,18). The summed E-state index contributed by atoms with van der Waals surface area (Å²) < 4.78 is 0. The summed E-state index contributed by atoms with van der Waals surface area (Å²) in [4.78, 5) is 26.3. The van der Waals surface area contributed by atoms with Gasteiger partial charge in [-0.3, -0.25) is 9.59 Å². The molecule has 1 aliphatic heterocycles. The fraction of sp³-hybridized carbons (Fsp3) is 0.867. The molecule has 0 aromatic carbocycles. The van der Waals surface area contributed by atoms with E-state index >= 15 is 0 Å². The first-order valence-electron chi connectivity index (χ1n) is 7.20. The maximum Gasteiger partial charge on any atom is 0.246 e. The van der Waals surface area contributed by atoms with Crippen LogP contribution >= 0.6 is 0 Å². The van der Waals surface area contributed by atoms with E-state index in [0.29, 0.717) is 0 Å². The first-order chi connectivity index (χ1) is 8.60. The smallest absolute Gasteiger partial charge is 0.246 e. The van der Waals surface area contributed by atoms with Crippen LogP contribution < -0.4 is 5.32 Å². The van der Waals surface area contributed by atoms with Gasteiger partial charge in [-0.15, -0.1) is 0 Å². The number of hydrogen-bond donors (Lipinski definition) is 1. The summed E-state index contributed by atoms with van der Waals surface area (Å²) >= 11 is 0. The first kappa shape index (κ1) is 14.4. The lowest BCUT2D eigenvalue weighted by Gasteiger charge is -2.41. The largest absolute Gasteiger partial charge is 0.342 e. The Labute approximate surface area is 115 Å². The predicted molar refractivity (Wildman–Crippen MR) is 74.5 cm³/mol. The summed E-state index contributed by atoms with van der Waals surface area (Å²) in [5.74, 6) is 0.0685. The second-order valence-corrected chi connectivity index (χ2v) is 7.89. The zero-order valence-electron chi connectivity index (χ0n) is 12.7. The topological polar surface area (TPSA) is 49.4 Å². The van der Waals surface area contributed by atoms with Crippen LogP contribution in [-0.2, 0) is 9.59 Å². The van der Waals surface area contributed by atoms with Gasteiger partial charge in [0, 0.05) is 6.04 Å². The van der Waals surface area contributed by atoms with E-state index in [0.717, 1.165) is 19.3 Å². The maximum absolute atomic E-state index is 12.6. The van der Waals surface area contributed by atoms with Crippen LogP contribution in [0.25, 0.3) is 0 Å². The lowest BCUT2D eigenvalue weighted by atomic mass is 9.84. The van der Waals surface area contributed by atoms with Gasteiger partial charge in [0.25, 0.3) is 0 Å². The molecule has 2 atom stereocenters. The predicted octanol–water partition coefficient (Wildman–Crippen LogP) is 1.94. The third kappa shape index (κ3) is 2.93. The van der Waals surface area contributed by atoms with E-state index in [1.807, 2.05) is 25.7 Å². The van der Waals surface area contributed by atoms with Gasteiger partial charge >= 0.3 is 0 Å². The Balaban J connectivity index is 2.17. The van der Waals surface area contributed by atoms with Crippen LogP contribution in [0.4, 0.5) is 0 Å². The van der Waals surface area contributed by atoms with Gasteiger partial charge in [-0.2, -0.15) is 0 Å². The first-order valence-corrected chi connectivity index (χ1v) is 7.20. The molecule has 0 aromatic rings. The number of nitrogens with one attached hydrogen (secondary N) is 1. The maximum atomic E-state index is 12.6. The zero-order valence-corrected chi connectivity index (χ0v) is 12.7. The summed E-state index contributed by atoms with van der Waals surface area (Å²) in [6.07, 6.45) is 3.15. The Morgan fingerprint density at radius 3 is 2.37 bits per heavy atom. The van der Waals surface area contributed by atoms with E-state index in [1.54, 1.807) is 0 Å². The van der Waals surface area contributed by atoms with Gasteiger partial charge < -0.3 is 10.2 Å². The molecular formula is C15H26N2O2. The molecule has 1 saturated heterocycles. The van der Waals surface area contributed by atoms with E-state index in [1.165, 1.54) is 0 Å². The second kappa shape index (κ2) is 4.50. The average Bonchev–Trinajstić information content (AvgIpc) is 2.60. The molecule has 0 radical (unpaired) electrons. The summed E-state index contributed by atoms with van der Waals surface area (Å²) in [6, 6.07) is -0.157. The average molecular weight is 266 g/mol. The van der Waals surface area contributed by atoms with Gasteiger partial charge in [-0.25, -0.2) is 0 Å². The van der Waals surface area contributed by atoms with Crippen molar-refractivity contribution >= 4 is 11.8 Å². The molecule has 0 spiro atoms. The van der Waals surface area contributed by atoms with Crippen LogP contribution in [0.1, 0.15) is 53.9 Å². The van der Waals surface area contributed by atoms with E-state index in [2.05, 4.69) is 19.2 Å². The quantitative estimate of drug-likeness (QED) is 0.788. The van der Waals surface area contributed by atoms with Crippen molar-refractivity contribution in [2.75, 3.05) is 6.54 Å². The number of hydrogen-bond acceptors (Lipinski definition) is 2. The van der Waals surface area contributed by atoms with Gasteiger partial charge in [0.1, 0.15) is 6.04 Å². The molecule has 108 valence electrons. The van der Waals surface area contributed by atoms with Crippen molar-refractivity contribution in [2.45, 2.75) is 66.0 Å². The van der Waals surface area contributed by atoms with Crippen LogP contribution in [0, 0.1) is 10.8 Å². The lowest BCUT2D eigenvalue weighted by Crippen LogP contribution is -2.64. The number of carbonyl (C=O) groups excluding carboxylic acids is 2. The molecule has 0 bridgehead atoms. The summed E-state index contributed by atoms with van der Waals surface area (Å²) in [7, 11) is 0. The molecule has 19 heavy (non-hydrogen) atoms. The number of rotatable bonds is 1. The van der Waals surface area contributed by atoms with Crippen LogP contribution in [0.5, 0.6) is 0 Å². The molecule has 1 N–H and O–H groups in total. The number of nitrogens with zero attached hydrogens (tertiary/aromatic N) is 1. The van der Waals surface area contributed by atoms with Crippen molar-refractivity contribution in [1.29, 1.82) is 0 Å². The Morgan fingerprint density at radius 1 is 1.26 bits per heavy atom. The Kier molecular flexibility index (Phi) is 3.40. The third-order valence-electron chi connectivity index (χ3n) is 4.40. The summed E-state index contributed by atoms with van der Waals surface area (Å²) in [5, 5.41) is 2.85.